The zero-order chi connectivity index (χ0) is 13.7. The first-order chi connectivity index (χ1) is 8.49. The SMILES string of the molecule is N#C/C(=C/c1ccc(F)c([N+](=O)[O-])c1)C(O)C#N. The summed E-state index contributed by atoms with van der Waals surface area (Å²) in [6, 6.07) is 6.02. The lowest BCUT2D eigenvalue weighted by molar-refractivity contribution is -0.387. The van der Waals surface area contributed by atoms with E-state index in [-0.39, 0.29) is 11.1 Å². The number of halogens is 1. The molecule has 1 unspecified atom stereocenters. The van der Waals surface area contributed by atoms with Crippen LogP contribution in [0.25, 0.3) is 6.08 Å². The minimum absolute atomic E-state index is 0.147. The highest BCUT2D eigenvalue weighted by Gasteiger charge is 2.15. The van der Waals surface area contributed by atoms with E-state index < -0.39 is 22.5 Å². The topological polar surface area (TPSA) is 111 Å². The molecule has 0 spiro atoms. The zero-order valence-electron chi connectivity index (χ0n) is 8.87. The molecule has 1 rings (SSSR count). The highest BCUT2D eigenvalue weighted by molar-refractivity contribution is 5.61. The van der Waals surface area contributed by atoms with Gasteiger partial charge >= 0.3 is 5.69 Å². The van der Waals surface area contributed by atoms with Crippen molar-refractivity contribution in [1.82, 2.24) is 0 Å². The van der Waals surface area contributed by atoms with E-state index in [4.69, 9.17) is 15.6 Å². The highest BCUT2D eigenvalue weighted by atomic mass is 19.1. The van der Waals surface area contributed by atoms with Crippen molar-refractivity contribution in [1.29, 1.82) is 10.5 Å². The van der Waals surface area contributed by atoms with E-state index >= 15 is 0 Å². The summed E-state index contributed by atoms with van der Waals surface area (Å²) in [5.41, 5.74) is -0.875. The molecule has 6 nitrogen and oxygen atoms in total. The number of nitriles is 2. The number of hydrogen-bond acceptors (Lipinski definition) is 5. The van der Waals surface area contributed by atoms with E-state index in [9.17, 15) is 14.5 Å². The van der Waals surface area contributed by atoms with Gasteiger partial charge in [-0.2, -0.15) is 14.9 Å². The average molecular weight is 247 g/mol. The van der Waals surface area contributed by atoms with Crippen molar-refractivity contribution >= 4 is 11.8 Å². The number of hydrogen-bond donors (Lipinski definition) is 1. The van der Waals surface area contributed by atoms with Crippen molar-refractivity contribution < 1.29 is 14.4 Å². The van der Waals surface area contributed by atoms with E-state index in [0.29, 0.717) is 0 Å². The van der Waals surface area contributed by atoms with Crippen LogP contribution in [0, 0.1) is 38.6 Å². The fourth-order valence-electron chi connectivity index (χ4n) is 1.18. The maximum absolute atomic E-state index is 13.0. The van der Waals surface area contributed by atoms with Gasteiger partial charge in [-0.3, -0.25) is 10.1 Å². The van der Waals surface area contributed by atoms with Crippen molar-refractivity contribution in [3.8, 4) is 12.1 Å². The quantitative estimate of drug-likeness (QED) is 0.376. The van der Waals surface area contributed by atoms with E-state index in [1.807, 2.05) is 0 Å². The molecule has 7 heteroatoms. The molecule has 0 radical (unpaired) electrons. The predicted molar refractivity (Wildman–Crippen MR) is 58.3 cm³/mol. The normalized spacial score (nSPS) is 12.3. The first-order valence-electron chi connectivity index (χ1n) is 4.63. The molecule has 0 bridgehead atoms. The summed E-state index contributed by atoms with van der Waals surface area (Å²) < 4.78 is 13.0. The lowest BCUT2D eigenvalue weighted by Gasteiger charge is -2.00. The largest absolute Gasteiger partial charge is 0.373 e. The Labute approximate surface area is 101 Å². The molecular weight excluding hydrogens is 241 g/mol. The molecule has 0 saturated carbocycles. The first-order valence-corrected chi connectivity index (χ1v) is 4.63. The molecule has 1 atom stereocenters. The Bertz CT molecular complexity index is 599. The molecule has 1 N–H and O–H groups in total. The number of nitrogens with zero attached hydrogens (tertiary/aromatic N) is 3. The number of benzene rings is 1. The van der Waals surface area contributed by atoms with Crippen LogP contribution in [0.1, 0.15) is 5.56 Å². The predicted octanol–water partition coefficient (Wildman–Crippen LogP) is 1.53. The Morgan fingerprint density at radius 2 is 2.22 bits per heavy atom. The van der Waals surface area contributed by atoms with Gasteiger partial charge in [0.2, 0.25) is 5.82 Å². The molecule has 90 valence electrons. The van der Waals surface area contributed by atoms with Gasteiger partial charge in [0.1, 0.15) is 0 Å². The van der Waals surface area contributed by atoms with Crippen LogP contribution in [-0.4, -0.2) is 16.1 Å². The lowest BCUT2D eigenvalue weighted by atomic mass is 10.1. The molecule has 18 heavy (non-hydrogen) atoms. The third-order valence-electron chi connectivity index (χ3n) is 2.04. The summed E-state index contributed by atoms with van der Waals surface area (Å²) in [5.74, 6) is -1.00. The van der Waals surface area contributed by atoms with Crippen LogP contribution in [0.2, 0.25) is 0 Å². The fourth-order valence-corrected chi connectivity index (χ4v) is 1.18. The Balaban J connectivity index is 3.24. The Morgan fingerprint density at radius 3 is 2.72 bits per heavy atom. The summed E-state index contributed by atoms with van der Waals surface area (Å²) >= 11 is 0. The monoisotopic (exact) mass is 247 g/mol. The molecule has 0 saturated heterocycles. The third kappa shape index (κ3) is 2.88. The summed E-state index contributed by atoms with van der Waals surface area (Å²) in [7, 11) is 0. The maximum atomic E-state index is 13.0. The number of rotatable bonds is 3. The van der Waals surface area contributed by atoms with Crippen molar-refractivity contribution in [2.24, 2.45) is 0 Å². The van der Waals surface area contributed by atoms with Gasteiger partial charge in [-0.15, -0.1) is 0 Å². The molecule has 0 heterocycles. The third-order valence-corrected chi connectivity index (χ3v) is 2.04. The smallest absolute Gasteiger partial charge is 0.305 e. The van der Waals surface area contributed by atoms with E-state index in [0.717, 1.165) is 18.2 Å². The van der Waals surface area contributed by atoms with Crippen molar-refractivity contribution in [2.75, 3.05) is 0 Å². The molecule has 0 fully saturated rings. The van der Waals surface area contributed by atoms with Gasteiger partial charge in [-0.1, -0.05) is 6.07 Å². The summed E-state index contributed by atoms with van der Waals surface area (Å²) in [6.07, 6.45) is -0.542. The van der Waals surface area contributed by atoms with E-state index in [1.165, 1.54) is 12.1 Å². The molecule has 1 aromatic rings. The van der Waals surface area contributed by atoms with Crippen molar-refractivity contribution in [3.05, 3.63) is 45.3 Å². The van der Waals surface area contributed by atoms with Crippen molar-refractivity contribution in [3.63, 3.8) is 0 Å². The number of aliphatic hydroxyl groups excluding tert-OH is 1. The van der Waals surface area contributed by atoms with Gasteiger partial charge in [-0.05, 0) is 17.7 Å². The molecule has 0 aliphatic heterocycles. The molecule has 0 aliphatic rings. The number of aliphatic hydroxyl groups is 1. The van der Waals surface area contributed by atoms with Crippen molar-refractivity contribution in [2.45, 2.75) is 6.10 Å². The van der Waals surface area contributed by atoms with E-state index in [2.05, 4.69) is 0 Å². The highest BCUT2D eigenvalue weighted by Crippen LogP contribution is 2.20. The van der Waals surface area contributed by atoms with Gasteiger partial charge in [0.05, 0.1) is 22.6 Å². The van der Waals surface area contributed by atoms with Gasteiger partial charge in [0, 0.05) is 6.07 Å². The lowest BCUT2D eigenvalue weighted by Crippen LogP contribution is -2.05. The molecular formula is C11H6FN3O3. The van der Waals surface area contributed by atoms with E-state index in [1.54, 1.807) is 6.07 Å². The minimum atomic E-state index is -1.63. The van der Waals surface area contributed by atoms with Crippen LogP contribution in [-0.2, 0) is 0 Å². The van der Waals surface area contributed by atoms with Crippen LogP contribution < -0.4 is 0 Å². The van der Waals surface area contributed by atoms with Crippen LogP contribution in [0.3, 0.4) is 0 Å². The van der Waals surface area contributed by atoms with Gasteiger partial charge in [0.15, 0.2) is 6.10 Å². The molecule has 0 aromatic heterocycles. The summed E-state index contributed by atoms with van der Waals surface area (Å²) in [6.45, 7) is 0. The molecule has 0 amide bonds. The standard InChI is InChI=1S/C11H6FN3O3/c12-9-2-1-7(4-10(9)15(17)18)3-8(5-13)11(16)6-14/h1-4,11,16H/b8-3-. The van der Waals surface area contributed by atoms with Gasteiger partial charge < -0.3 is 5.11 Å². The fraction of sp³-hybridized carbons (Fsp3) is 0.0909. The Hall–Kier alpha value is -2.77. The van der Waals surface area contributed by atoms with Gasteiger partial charge in [-0.25, -0.2) is 0 Å². The number of nitro groups is 1. The zero-order valence-corrected chi connectivity index (χ0v) is 8.87. The number of nitro benzene ring substituents is 1. The maximum Gasteiger partial charge on any atom is 0.305 e. The Kier molecular flexibility index (Phi) is 4.08. The van der Waals surface area contributed by atoms with Crippen LogP contribution in [0.5, 0.6) is 0 Å². The first kappa shape index (κ1) is 13.3. The second-order valence-electron chi connectivity index (χ2n) is 3.21. The van der Waals surface area contributed by atoms with Crippen LogP contribution in [0.4, 0.5) is 10.1 Å². The molecule has 1 aromatic carbocycles. The Morgan fingerprint density at radius 1 is 1.56 bits per heavy atom. The van der Waals surface area contributed by atoms with Crippen LogP contribution in [0.15, 0.2) is 23.8 Å². The summed E-state index contributed by atoms with van der Waals surface area (Å²) in [5, 5.41) is 36.8. The summed E-state index contributed by atoms with van der Waals surface area (Å²) in [4.78, 5) is 9.59. The second kappa shape index (κ2) is 5.53. The average Bonchev–Trinajstić information content (AvgIpc) is 2.36. The minimum Gasteiger partial charge on any atom is -0.373 e. The second-order valence-corrected chi connectivity index (χ2v) is 3.21. The molecule has 0 aliphatic carbocycles. The van der Waals surface area contributed by atoms with Crippen LogP contribution >= 0.6 is 0 Å². The van der Waals surface area contributed by atoms with Gasteiger partial charge in [0.25, 0.3) is 0 Å².